The summed E-state index contributed by atoms with van der Waals surface area (Å²) in [7, 11) is 0. The molecule has 210 valence electrons. The van der Waals surface area contributed by atoms with Gasteiger partial charge in [-0.25, -0.2) is 9.78 Å². The number of benzene rings is 3. The summed E-state index contributed by atoms with van der Waals surface area (Å²) < 4.78 is 2.14. The number of amides is 1. The van der Waals surface area contributed by atoms with Crippen molar-refractivity contribution in [2.75, 3.05) is 5.75 Å². The van der Waals surface area contributed by atoms with E-state index in [0.29, 0.717) is 34.4 Å². The van der Waals surface area contributed by atoms with E-state index in [1.165, 1.54) is 0 Å². The summed E-state index contributed by atoms with van der Waals surface area (Å²) in [5.74, 6) is 0.866. The van der Waals surface area contributed by atoms with Crippen LogP contribution in [0, 0.1) is 12.8 Å². The molecular formula is C32H36ClN3O3S. The number of thiol groups is 1. The van der Waals surface area contributed by atoms with Gasteiger partial charge < -0.3 is 15.0 Å². The molecular weight excluding hydrogens is 542 g/mol. The molecule has 1 aromatic heterocycles. The number of imidazole rings is 1. The van der Waals surface area contributed by atoms with E-state index in [1.54, 1.807) is 18.2 Å². The van der Waals surface area contributed by atoms with Crippen molar-refractivity contribution >= 4 is 47.1 Å². The Labute approximate surface area is 246 Å². The van der Waals surface area contributed by atoms with Crippen molar-refractivity contribution in [1.29, 1.82) is 0 Å². The monoisotopic (exact) mass is 577 g/mol. The lowest BCUT2D eigenvalue weighted by atomic mass is 9.98. The van der Waals surface area contributed by atoms with E-state index < -0.39 is 5.97 Å². The molecule has 8 heteroatoms. The third kappa shape index (κ3) is 6.53. The van der Waals surface area contributed by atoms with Crippen LogP contribution < -0.4 is 5.32 Å². The number of rotatable bonds is 11. The third-order valence-electron chi connectivity index (χ3n) is 7.02. The highest BCUT2D eigenvalue weighted by Gasteiger charge is 2.20. The largest absolute Gasteiger partial charge is 0.478 e. The summed E-state index contributed by atoms with van der Waals surface area (Å²) >= 11 is 11.2. The van der Waals surface area contributed by atoms with Gasteiger partial charge in [0, 0.05) is 28.8 Å². The Morgan fingerprint density at radius 1 is 1.12 bits per heavy atom. The molecule has 0 fully saturated rings. The summed E-state index contributed by atoms with van der Waals surface area (Å²) in [4.78, 5) is 29.9. The number of carboxylic acids is 1. The van der Waals surface area contributed by atoms with Gasteiger partial charge in [-0.1, -0.05) is 62.7 Å². The molecule has 0 bridgehead atoms. The van der Waals surface area contributed by atoms with Crippen molar-refractivity contribution in [3.8, 4) is 11.1 Å². The molecule has 0 saturated carbocycles. The Morgan fingerprint density at radius 2 is 1.88 bits per heavy atom. The quantitative estimate of drug-likeness (QED) is 0.162. The molecule has 1 heterocycles. The van der Waals surface area contributed by atoms with E-state index in [-0.39, 0.29) is 17.5 Å². The molecule has 2 N–H and O–H groups in total. The van der Waals surface area contributed by atoms with Crippen LogP contribution >= 0.6 is 24.2 Å². The summed E-state index contributed by atoms with van der Waals surface area (Å²) in [5, 5.41) is 13.3. The summed E-state index contributed by atoms with van der Waals surface area (Å²) in [5.41, 5.74) is 5.76. The second-order valence-corrected chi connectivity index (χ2v) is 11.4. The van der Waals surface area contributed by atoms with Crippen molar-refractivity contribution in [1.82, 2.24) is 14.9 Å². The van der Waals surface area contributed by atoms with E-state index >= 15 is 0 Å². The highest BCUT2D eigenvalue weighted by Crippen LogP contribution is 2.31. The average molecular weight is 578 g/mol. The van der Waals surface area contributed by atoms with E-state index in [1.807, 2.05) is 43.3 Å². The smallest absolute Gasteiger partial charge is 0.336 e. The lowest BCUT2D eigenvalue weighted by molar-refractivity contribution is 0.0697. The fourth-order valence-corrected chi connectivity index (χ4v) is 5.59. The predicted molar refractivity (Wildman–Crippen MR) is 166 cm³/mol. The molecule has 0 aliphatic heterocycles. The van der Waals surface area contributed by atoms with Gasteiger partial charge in [-0.3, -0.25) is 4.79 Å². The maximum absolute atomic E-state index is 13.3. The second-order valence-electron chi connectivity index (χ2n) is 10.7. The second kappa shape index (κ2) is 12.9. The lowest BCUT2D eigenvalue weighted by Crippen LogP contribution is -2.37. The van der Waals surface area contributed by atoms with Crippen LogP contribution in [-0.2, 0) is 13.0 Å². The Hall–Kier alpha value is -3.29. The molecule has 40 heavy (non-hydrogen) atoms. The van der Waals surface area contributed by atoms with Crippen LogP contribution in [-0.4, -0.2) is 38.3 Å². The van der Waals surface area contributed by atoms with Crippen LogP contribution in [0.15, 0.2) is 54.6 Å². The van der Waals surface area contributed by atoms with E-state index in [4.69, 9.17) is 16.6 Å². The number of halogens is 1. The van der Waals surface area contributed by atoms with Crippen LogP contribution in [0.5, 0.6) is 0 Å². The first-order valence-electron chi connectivity index (χ1n) is 13.7. The van der Waals surface area contributed by atoms with Crippen molar-refractivity contribution in [3.63, 3.8) is 0 Å². The molecule has 0 aliphatic carbocycles. The minimum Gasteiger partial charge on any atom is -0.478 e. The first kappa shape index (κ1) is 29.7. The van der Waals surface area contributed by atoms with Gasteiger partial charge in [-0.05, 0) is 72.2 Å². The highest BCUT2D eigenvalue weighted by atomic mass is 35.5. The Morgan fingerprint density at radius 3 is 2.52 bits per heavy atom. The maximum atomic E-state index is 13.3. The highest BCUT2D eigenvalue weighted by molar-refractivity contribution is 7.80. The summed E-state index contributed by atoms with van der Waals surface area (Å²) in [6.07, 6.45) is 2.57. The van der Waals surface area contributed by atoms with Crippen LogP contribution in [0.2, 0.25) is 5.02 Å². The van der Waals surface area contributed by atoms with Gasteiger partial charge in [0.05, 0.1) is 23.1 Å². The van der Waals surface area contributed by atoms with Gasteiger partial charge in [0.2, 0.25) is 0 Å². The summed E-state index contributed by atoms with van der Waals surface area (Å²) in [6.45, 7) is 8.84. The van der Waals surface area contributed by atoms with Gasteiger partial charge in [0.25, 0.3) is 5.91 Å². The van der Waals surface area contributed by atoms with E-state index in [2.05, 4.69) is 43.3 Å². The van der Waals surface area contributed by atoms with E-state index in [0.717, 1.165) is 52.8 Å². The zero-order valence-electron chi connectivity index (χ0n) is 23.4. The summed E-state index contributed by atoms with van der Waals surface area (Å²) in [6, 6.07) is 16.4. The van der Waals surface area contributed by atoms with Crippen molar-refractivity contribution in [3.05, 3.63) is 87.7 Å². The minimum absolute atomic E-state index is 0.00372. The fourth-order valence-electron chi connectivity index (χ4n) is 5.11. The van der Waals surface area contributed by atoms with Crippen LogP contribution in [0.1, 0.15) is 71.3 Å². The SMILES string of the molecule is CCCc1nc2c(C)cc(C(=O)N[C@@H](CS)CC(C)C)cc2n1Cc1ccc(-c2ccccc2C(=O)O)cc1Cl. The Balaban J connectivity index is 1.72. The van der Waals surface area contributed by atoms with Crippen LogP contribution in [0.3, 0.4) is 0 Å². The molecule has 0 unspecified atom stereocenters. The van der Waals surface area contributed by atoms with Gasteiger partial charge in [-0.15, -0.1) is 0 Å². The minimum atomic E-state index is -0.981. The molecule has 6 nitrogen and oxygen atoms in total. The number of nitrogens with one attached hydrogen (secondary N) is 1. The first-order chi connectivity index (χ1) is 19.1. The Bertz CT molecular complexity index is 1550. The van der Waals surface area contributed by atoms with Crippen molar-refractivity contribution in [2.24, 2.45) is 5.92 Å². The third-order valence-corrected chi connectivity index (χ3v) is 7.81. The molecule has 4 rings (SSSR count). The van der Waals surface area contributed by atoms with Crippen molar-refractivity contribution < 1.29 is 14.7 Å². The molecule has 3 aromatic carbocycles. The van der Waals surface area contributed by atoms with Gasteiger partial charge in [0.1, 0.15) is 5.82 Å². The number of hydrogen-bond donors (Lipinski definition) is 3. The number of carbonyl (C=O) groups is 2. The number of hydrogen-bond acceptors (Lipinski definition) is 4. The van der Waals surface area contributed by atoms with Gasteiger partial charge in [0.15, 0.2) is 0 Å². The number of aromatic nitrogens is 2. The van der Waals surface area contributed by atoms with E-state index in [9.17, 15) is 14.7 Å². The fraction of sp³-hybridized carbons (Fsp3) is 0.344. The number of aryl methyl sites for hydroxylation is 2. The number of carbonyl (C=O) groups excluding carboxylic acids is 1. The van der Waals surface area contributed by atoms with Crippen LogP contribution in [0.25, 0.3) is 22.2 Å². The number of aromatic carboxylic acids is 1. The predicted octanol–water partition coefficient (Wildman–Crippen LogP) is 7.44. The molecule has 0 aliphatic rings. The molecule has 1 amide bonds. The normalized spacial score (nSPS) is 12.2. The zero-order chi connectivity index (χ0) is 29.0. The molecule has 0 saturated heterocycles. The van der Waals surface area contributed by atoms with Gasteiger partial charge in [-0.2, -0.15) is 12.6 Å². The number of fused-ring (bicyclic) bond motifs is 1. The van der Waals surface area contributed by atoms with Crippen LogP contribution in [0.4, 0.5) is 0 Å². The van der Waals surface area contributed by atoms with Crippen molar-refractivity contribution in [2.45, 2.75) is 59.5 Å². The lowest BCUT2D eigenvalue weighted by Gasteiger charge is -2.19. The average Bonchev–Trinajstić information content (AvgIpc) is 3.26. The molecule has 1 atom stereocenters. The molecule has 0 spiro atoms. The number of carboxylic acid groups (broad SMARTS) is 1. The zero-order valence-corrected chi connectivity index (χ0v) is 25.0. The standard InChI is InChI=1S/C32H36ClN3O3S/c1-5-8-29-35-30-20(4)14-23(31(37)34-24(18-40)13-19(2)3)16-28(30)36(29)17-22-12-11-21(15-27(22)33)25-9-6-7-10-26(25)32(38)39/h6-7,9-12,14-16,19,24,40H,5,8,13,17-18H2,1-4H3,(H,34,37)(H,38,39)/t24-/m1/s1. The molecule has 0 radical (unpaired) electrons. The van der Waals surface area contributed by atoms with Gasteiger partial charge >= 0.3 is 5.97 Å². The number of nitrogens with zero attached hydrogens (tertiary/aromatic N) is 2. The topological polar surface area (TPSA) is 84.2 Å². The Kier molecular flexibility index (Phi) is 9.59. The maximum Gasteiger partial charge on any atom is 0.336 e. The first-order valence-corrected chi connectivity index (χ1v) is 14.7. The molecule has 4 aromatic rings.